The summed E-state index contributed by atoms with van der Waals surface area (Å²) in [5, 5.41) is 11.4. The predicted octanol–water partition coefficient (Wildman–Crippen LogP) is 0.960. The summed E-state index contributed by atoms with van der Waals surface area (Å²) in [7, 11) is 0. The molecule has 6 nitrogen and oxygen atoms in total. The Labute approximate surface area is 122 Å². The third-order valence-electron chi connectivity index (χ3n) is 2.80. The van der Waals surface area contributed by atoms with Crippen LogP contribution in [0.5, 0.6) is 0 Å². The molecule has 6 heteroatoms. The lowest BCUT2D eigenvalue weighted by Crippen LogP contribution is -2.25. The maximum absolute atomic E-state index is 12.1. The molecule has 108 valence electrons. The van der Waals surface area contributed by atoms with E-state index >= 15 is 0 Å². The summed E-state index contributed by atoms with van der Waals surface area (Å²) in [6.45, 7) is 3.56. The van der Waals surface area contributed by atoms with Crippen molar-refractivity contribution in [2.75, 3.05) is 6.61 Å². The fraction of sp³-hybridized carbons (Fsp3) is 0.267. The molecule has 0 fully saturated rings. The van der Waals surface area contributed by atoms with Crippen molar-refractivity contribution in [2.24, 2.45) is 0 Å². The predicted molar refractivity (Wildman–Crippen MR) is 75.3 cm³/mol. The third-order valence-corrected chi connectivity index (χ3v) is 2.80. The molecule has 1 amide bonds. The molecule has 2 aromatic rings. The zero-order chi connectivity index (χ0) is 15.2. The Morgan fingerprint density at radius 3 is 2.95 bits per heavy atom. The SMILES string of the molecule is Cc1nc(CNC(=O)c2ncccc2C#CCO)oc1C. The van der Waals surface area contributed by atoms with Crippen LogP contribution in [0.15, 0.2) is 22.7 Å². The van der Waals surface area contributed by atoms with E-state index in [2.05, 4.69) is 27.1 Å². The smallest absolute Gasteiger partial charge is 0.271 e. The molecule has 0 atom stereocenters. The van der Waals surface area contributed by atoms with Gasteiger partial charge in [0.1, 0.15) is 18.1 Å². The molecule has 0 saturated heterocycles. The number of oxazole rings is 1. The Morgan fingerprint density at radius 1 is 1.48 bits per heavy atom. The zero-order valence-electron chi connectivity index (χ0n) is 11.8. The number of rotatable bonds is 3. The van der Waals surface area contributed by atoms with Crippen LogP contribution >= 0.6 is 0 Å². The second-order valence-corrected chi connectivity index (χ2v) is 4.29. The molecule has 0 aliphatic heterocycles. The molecule has 0 saturated carbocycles. The number of carbonyl (C=O) groups is 1. The normalized spacial score (nSPS) is 9.86. The lowest BCUT2D eigenvalue weighted by Gasteiger charge is -2.04. The van der Waals surface area contributed by atoms with Crippen LogP contribution in [0.25, 0.3) is 0 Å². The maximum atomic E-state index is 12.1. The summed E-state index contributed by atoms with van der Waals surface area (Å²) in [5.41, 5.74) is 1.47. The van der Waals surface area contributed by atoms with Crippen molar-refractivity contribution in [1.82, 2.24) is 15.3 Å². The number of carbonyl (C=O) groups excluding carboxylic acids is 1. The van der Waals surface area contributed by atoms with Crippen LogP contribution in [0, 0.1) is 25.7 Å². The fourth-order valence-corrected chi connectivity index (χ4v) is 1.68. The summed E-state index contributed by atoms with van der Waals surface area (Å²) in [5.74, 6) is 5.99. The molecule has 0 unspecified atom stereocenters. The van der Waals surface area contributed by atoms with E-state index in [-0.39, 0.29) is 24.8 Å². The van der Waals surface area contributed by atoms with Gasteiger partial charge in [-0.2, -0.15) is 0 Å². The van der Waals surface area contributed by atoms with Gasteiger partial charge in [-0.25, -0.2) is 9.97 Å². The first kappa shape index (κ1) is 14.8. The highest BCUT2D eigenvalue weighted by molar-refractivity contribution is 5.94. The molecule has 2 aromatic heterocycles. The number of nitrogens with zero attached hydrogens (tertiary/aromatic N) is 2. The Balaban J connectivity index is 2.10. The maximum Gasteiger partial charge on any atom is 0.271 e. The Hall–Kier alpha value is -2.65. The van der Waals surface area contributed by atoms with E-state index in [1.807, 2.05) is 13.8 Å². The first-order valence-electron chi connectivity index (χ1n) is 6.37. The quantitative estimate of drug-likeness (QED) is 0.820. The minimum atomic E-state index is -0.369. The standard InChI is InChI=1S/C15H15N3O3/c1-10-11(2)21-13(18-10)9-17-15(20)14-12(6-4-8-19)5-3-7-16-14/h3,5,7,19H,8-9H2,1-2H3,(H,17,20). The van der Waals surface area contributed by atoms with Crippen molar-refractivity contribution < 1.29 is 14.3 Å². The fourth-order valence-electron chi connectivity index (χ4n) is 1.68. The minimum Gasteiger partial charge on any atom is -0.444 e. The summed E-state index contributed by atoms with van der Waals surface area (Å²) < 4.78 is 5.39. The van der Waals surface area contributed by atoms with E-state index in [1.54, 1.807) is 12.1 Å². The molecule has 0 aliphatic rings. The van der Waals surface area contributed by atoms with Crippen LogP contribution < -0.4 is 5.32 Å². The molecule has 0 aromatic carbocycles. The molecule has 0 bridgehead atoms. The first-order chi connectivity index (χ1) is 10.1. The van der Waals surface area contributed by atoms with E-state index in [4.69, 9.17) is 9.52 Å². The minimum absolute atomic E-state index is 0.178. The molecule has 2 N–H and O–H groups in total. The van der Waals surface area contributed by atoms with Crippen LogP contribution in [-0.4, -0.2) is 27.6 Å². The third kappa shape index (κ3) is 3.68. The molecule has 2 heterocycles. The molecule has 0 aliphatic carbocycles. The van der Waals surface area contributed by atoms with E-state index in [1.165, 1.54) is 6.20 Å². The van der Waals surface area contributed by atoms with E-state index < -0.39 is 0 Å². The molecular formula is C15H15N3O3. The number of aliphatic hydroxyl groups excluding tert-OH is 1. The molecule has 0 radical (unpaired) electrons. The van der Waals surface area contributed by atoms with Gasteiger partial charge in [0, 0.05) is 6.20 Å². The van der Waals surface area contributed by atoms with Gasteiger partial charge < -0.3 is 14.8 Å². The van der Waals surface area contributed by atoms with Crippen LogP contribution in [-0.2, 0) is 6.54 Å². The van der Waals surface area contributed by atoms with Crippen LogP contribution in [0.4, 0.5) is 0 Å². The lowest BCUT2D eigenvalue weighted by atomic mass is 10.2. The van der Waals surface area contributed by atoms with Crippen molar-refractivity contribution >= 4 is 5.91 Å². The Morgan fingerprint density at radius 2 is 2.29 bits per heavy atom. The Bertz CT molecular complexity index is 691. The van der Waals surface area contributed by atoms with Crippen molar-refractivity contribution in [3.05, 3.63) is 46.9 Å². The summed E-state index contributed by atoms with van der Waals surface area (Å²) in [6.07, 6.45) is 1.51. The topological polar surface area (TPSA) is 88.2 Å². The van der Waals surface area contributed by atoms with Gasteiger partial charge in [0.2, 0.25) is 5.89 Å². The summed E-state index contributed by atoms with van der Waals surface area (Å²) in [4.78, 5) is 20.3. The van der Waals surface area contributed by atoms with Crippen molar-refractivity contribution in [1.29, 1.82) is 0 Å². The number of hydrogen-bond acceptors (Lipinski definition) is 5. The molecule has 2 rings (SSSR count). The van der Waals surface area contributed by atoms with Gasteiger partial charge in [-0.05, 0) is 26.0 Å². The Kier molecular flexibility index (Phi) is 4.69. The van der Waals surface area contributed by atoms with Crippen molar-refractivity contribution in [3.8, 4) is 11.8 Å². The van der Waals surface area contributed by atoms with Crippen LogP contribution in [0.2, 0.25) is 0 Å². The lowest BCUT2D eigenvalue weighted by molar-refractivity contribution is 0.0942. The number of aromatic nitrogens is 2. The molecule has 0 spiro atoms. The average molecular weight is 285 g/mol. The van der Waals surface area contributed by atoms with Gasteiger partial charge in [-0.1, -0.05) is 11.8 Å². The number of nitrogens with one attached hydrogen (secondary N) is 1. The number of amides is 1. The second-order valence-electron chi connectivity index (χ2n) is 4.29. The highest BCUT2D eigenvalue weighted by Crippen LogP contribution is 2.08. The number of aliphatic hydroxyl groups is 1. The highest BCUT2D eigenvalue weighted by atomic mass is 16.4. The van der Waals surface area contributed by atoms with E-state index in [9.17, 15) is 4.79 Å². The van der Waals surface area contributed by atoms with Crippen molar-refractivity contribution in [3.63, 3.8) is 0 Å². The summed E-state index contributed by atoms with van der Waals surface area (Å²) in [6, 6.07) is 3.35. The van der Waals surface area contributed by atoms with Gasteiger partial charge >= 0.3 is 0 Å². The average Bonchev–Trinajstić information content (AvgIpc) is 2.81. The van der Waals surface area contributed by atoms with Crippen LogP contribution in [0.3, 0.4) is 0 Å². The number of hydrogen-bond donors (Lipinski definition) is 2. The van der Waals surface area contributed by atoms with Gasteiger partial charge in [0.25, 0.3) is 5.91 Å². The number of pyridine rings is 1. The van der Waals surface area contributed by atoms with Crippen molar-refractivity contribution in [2.45, 2.75) is 20.4 Å². The van der Waals surface area contributed by atoms with E-state index in [0.717, 1.165) is 11.5 Å². The largest absolute Gasteiger partial charge is 0.444 e. The van der Waals surface area contributed by atoms with Gasteiger partial charge in [-0.15, -0.1) is 0 Å². The van der Waals surface area contributed by atoms with Crippen LogP contribution in [0.1, 0.15) is 33.4 Å². The highest BCUT2D eigenvalue weighted by Gasteiger charge is 2.13. The second kappa shape index (κ2) is 6.68. The molecular weight excluding hydrogens is 270 g/mol. The van der Waals surface area contributed by atoms with Gasteiger partial charge in [-0.3, -0.25) is 4.79 Å². The monoisotopic (exact) mass is 285 g/mol. The van der Waals surface area contributed by atoms with Gasteiger partial charge in [0.05, 0.1) is 17.8 Å². The molecule has 21 heavy (non-hydrogen) atoms. The number of aryl methyl sites for hydroxylation is 2. The summed E-state index contributed by atoms with van der Waals surface area (Å²) >= 11 is 0. The zero-order valence-corrected chi connectivity index (χ0v) is 11.8. The van der Waals surface area contributed by atoms with Gasteiger partial charge in [0.15, 0.2) is 0 Å². The first-order valence-corrected chi connectivity index (χ1v) is 6.37. The van der Waals surface area contributed by atoms with E-state index in [0.29, 0.717) is 11.5 Å².